The molecule has 0 unspecified atom stereocenters. The Bertz CT molecular complexity index is 496. The van der Waals surface area contributed by atoms with Crippen LogP contribution in [-0.4, -0.2) is 9.78 Å². The predicted molar refractivity (Wildman–Crippen MR) is 73.4 cm³/mol. The van der Waals surface area contributed by atoms with Crippen LogP contribution in [0, 0.1) is 3.57 Å². The largest absolute Gasteiger partial charge is 0.326 e. The minimum Gasteiger partial charge on any atom is -0.326 e. The molecule has 0 amide bonds. The van der Waals surface area contributed by atoms with E-state index in [1.54, 1.807) is 0 Å². The molecule has 0 spiro atoms. The van der Waals surface area contributed by atoms with Gasteiger partial charge in [-0.3, -0.25) is 4.68 Å². The zero-order valence-electron chi connectivity index (χ0n) is 8.53. The van der Waals surface area contributed by atoms with Gasteiger partial charge in [0.25, 0.3) is 0 Å². The molecule has 1 heterocycles. The van der Waals surface area contributed by atoms with E-state index in [0.29, 0.717) is 13.1 Å². The summed E-state index contributed by atoms with van der Waals surface area (Å²) in [6.07, 6.45) is 3.80. The lowest BCUT2D eigenvalue weighted by molar-refractivity contribution is 0.686. The molecule has 0 aliphatic rings. The number of nitrogens with two attached hydrogens (primary N) is 1. The summed E-state index contributed by atoms with van der Waals surface area (Å²) < 4.78 is 2.98. The monoisotopic (exact) mass is 347 g/mol. The van der Waals surface area contributed by atoms with Crippen LogP contribution in [0.2, 0.25) is 5.02 Å². The van der Waals surface area contributed by atoms with Crippen molar-refractivity contribution in [1.29, 1.82) is 0 Å². The summed E-state index contributed by atoms with van der Waals surface area (Å²) in [6, 6.07) is 5.90. The van der Waals surface area contributed by atoms with Gasteiger partial charge in [-0.1, -0.05) is 23.7 Å². The molecule has 0 radical (unpaired) electrons. The quantitative estimate of drug-likeness (QED) is 0.868. The normalized spacial score (nSPS) is 10.7. The second kappa shape index (κ2) is 5.16. The number of halogens is 2. The zero-order valence-corrected chi connectivity index (χ0v) is 11.4. The first-order chi connectivity index (χ1) is 7.69. The SMILES string of the molecule is NCc1ccc(Cn2cc(I)cn2)c(Cl)c1. The van der Waals surface area contributed by atoms with Gasteiger partial charge in [-0.15, -0.1) is 0 Å². The molecular formula is C11H11ClIN3. The van der Waals surface area contributed by atoms with Crippen LogP contribution < -0.4 is 5.73 Å². The van der Waals surface area contributed by atoms with E-state index in [-0.39, 0.29) is 0 Å². The Morgan fingerprint density at radius 3 is 2.81 bits per heavy atom. The third kappa shape index (κ3) is 2.75. The first-order valence-corrected chi connectivity index (χ1v) is 6.30. The highest BCUT2D eigenvalue weighted by Gasteiger charge is 2.03. The molecule has 0 aliphatic heterocycles. The van der Waals surface area contributed by atoms with Gasteiger partial charge < -0.3 is 5.73 Å². The molecule has 0 atom stereocenters. The summed E-state index contributed by atoms with van der Waals surface area (Å²) in [6.45, 7) is 1.20. The van der Waals surface area contributed by atoms with Crippen LogP contribution in [0.25, 0.3) is 0 Å². The number of benzene rings is 1. The predicted octanol–water partition coefficient (Wildman–Crippen LogP) is 2.65. The maximum Gasteiger partial charge on any atom is 0.0674 e. The van der Waals surface area contributed by atoms with Gasteiger partial charge in [0, 0.05) is 17.8 Å². The van der Waals surface area contributed by atoms with Crippen molar-refractivity contribution < 1.29 is 0 Å². The van der Waals surface area contributed by atoms with Crippen molar-refractivity contribution >= 4 is 34.2 Å². The fourth-order valence-electron chi connectivity index (χ4n) is 1.45. The summed E-state index contributed by atoms with van der Waals surface area (Å²) in [5.74, 6) is 0. The fraction of sp³-hybridized carbons (Fsp3) is 0.182. The number of hydrogen-bond donors (Lipinski definition) is 1. The summed E-state index contributed by atoms with van der Waals surface area (Å²) in [7, 11) is 0. The molecule has 2 rings (SSSR count). The van der Waals surface area contributed by atoms with Gasteiger partial charge in [-0.25, -0.2) is 0 Å². The van der Waals surface area contributed by atoms with E-state index in [0.717, 1.165) is 19.7 Å². The second-order valence-corrected chi connectivity index (χ2v) is 5.14. The van der Waals surface area contributed by atoms with E-state index in [1.807, 2.05) is 35.3 Å². The van der Waals surface area contributed by atoms with Gasteiger partial charge in [0.15, 0.2) is 0 Å². The standard InChI is InChI=1S/C11H11ClIN3/c12-11-3-8(4-14)1-2-9(11)6-16-7-10(13)5-15-16/h1-3,5,7H,4,6,14H2. The lowest BCUT2D eigenvalue weighted by Gasteiger charge is -2.06. The second-order valence-electron chi connectivity index (χ2n) is 3.49. The van der Waals surface area contributed by atoms with Crippen molar-refractivity contribution in [3.8, 4) is 0 Å². The van der Waals surface area contributed by atoms with Crippen molar-refractivity contribution in [3.63, 3.8) is 0 Å². The molecule has 16 heavy (non-hydrogen) atoms. The van der Waals surface area contributed by atoms with Gasteiger partial charge in [0.1, 0.15) is 0 Å². The van der Waals surface area contributed by atoms with Crippen molar-refractivity contribution in [2.75, 3.05) is 0 Å². The Labute approximate surface area is 113 Å². The average Bonchev–Trinajstić information content (AvgIpc) is 2.67. The van der Waals surface area contributed by atoms with E-state index in [1.165, 1.54) is 0 Å². The zero-order chi connectivity index (χ0) is 11.5. The Balaban J connectivity index is 2.21. The molecular weight excluding hydrogens is 336 g/mol. The van der Waals surface area contributed by atoms with Crippen LogP contribution in [-0.2, 0) is 13.1 Å². The Hall–Kier alpha value is -0.590. The number of nitrogens with zero attached hydrogens (tertiary/aromatic N) is 2. The molecule has 0 saturated heterocycles. The number of hydrogen-bond acceptors (Lipinski definition) is 2. The van der Waals surface area contributed by atoms with Crippen molar-refractivity contribution in [3.05, 3.63) is 50.3 Å². The molecule has 0 saturated carbocycles. The lowest BCUT2D eigenvalue weighted by Crippen LogP contribution is -2.02. The van der Waals surface area contributed by atoms with E-state index in [4.69, 9.17) is 17.3 Å². The molecule has 1 aromatic carbocycles. The molecule has 2 N–H and O–H groups in total. The Morgan fingerprint density at radius 2 is 2.25 bits per heavy atom. The van der Waals surface area contributed by atoms with Gasteiger partial charge in [0.05, 0.1) is 16.3 Å². The van der Waals surface area contributed by atoms with Gasteiger partial charge in [-0.2, -0.15) is 5.10 Å². The summed E-state index contributed by atoms with van der Waals surface area (Å²) in [5.41, 5.74) is 7.65. The van der Waals surface area contributed by atoms with Crippen LogP contribution >= 0.6 is 34.2 Å². The van der Waals surface area contributed by atoms with Crippen LogP contribution in [0.1, 0.15) is 11.1 Å². The van der Waals surface area contributed by atoms with E-state index >= 15 is 0 Å². The Kier molecular flexibility index (Phi) is 3.83. The highest BCUT2D eigenvalue weighted by molar-refractivity contribution is 14.1. The molecule has 3 nitrogen and oxygen atoms in total. The molecule has 0 fully saturated rings. The lowest BCUT2D eigenvalue weighted by atomic mass is 10.1. The third-order valence-electron chi connectivity index (χ3n) is 2.29. The van der Waals surface area contributed by atoms with Crippen LogP contribution in [0.4, 0.5) is 0 Å². The average molecular weight is 348 g/mol. The maximum absolute atomic E-state index is 6.17. The molecule has 1 aromatic heterocycles. The molecule has 0 bridgehead atoms. The van der Waals surface area contributed by atoms with Crippen LogP contribution in [0.15, 0.2) is 30.6 Å². The van der Waals surface area contributed by atoms with E-state index in [2.05, 4.69) is 27.7 Å². The molecule has 2 aromatic rings. The van der Waals surface area contributed by atoms with Crippen LogP contribution in [0.3, 0.4) is 0 Å². The van der Waals surface area contributed by atoms with E-state index in [9.17, 15) is 0 Å². The summed E-state index contributed by atoms with van der Waals surface area (Å²) in [4.78, 5) is 0. The number of aromatic nitrogens is 2. The first-order valence-electron chi connectivity index (χ1n) is 4.84. The molecule has 84 valence electrons. The molecule has 0 aliphatic carbocycles. The number of rotatable bonds is 3. The summed E-state index contributed by atoms with van der Waals surface area (Å²) >= 11 is 8.40. The van der Waals surface area contributed by atoms with Gasteiger partial charge in [0.2, 0.25) is 0 Å². The third-order valence-corrected chi connectivity index (χ3v) is 3.20. The summed E-state index contributed by atoms with van der Waals surface area (Å²) in [5, 5.41) is 4.96. The minimum atomic E-state index is 0.514. The molecule has 5 heteroatoms. The first kappa shape index (κ1) is 11.9. The van der Waals surface area contributed by atoms with Crippen molar-refractivity contribution in [2.24, 2.45) is 5.73 Å². The minimum absolute atomic E-state index is 0.514. The Morgan fingerprint density at radius 1 is 1.44 bits per heavy atom. The van der Waals surface area contributed by atoms with E-state index < -0.39 is 0 Å². The van der Waals surface area contributed by atoms with Crippen molar-refractivity contribution in [1.82, 2.24) is 9.78 Å². The highest BCUT2D eigenvalue weighted by atomic mass is 127. The van der Waals surface area contributed by atoms with Crippen molar-refractivity contribution in [2.45, 2.75) is 13.1 Å². The van der Waals surface area contributed by atoms with Crippen LogP contribution in [0.5, 0.6) is 0 Å². The highest BCUT2D eigenvalue weighted by Crippen LogP contribution is 2.19. The fourth-order valence-corrected chi connectivity index (χ4v) is 2.15. The maximum atomic E-state index is 6.17. The van der Waals surface area contributed by atoms with Gasteiger partial charge in [-0.05, 0) is 39.8 Å². The smallest absolute Gasteiger partial charge is 0.0674 e. The van der Waals surface area contributed by atoms with Gasteiger partial charge >= 0.3 is 0 Å². The topological polar surface area (TPSA) is 43.8 Å².